The molecule has 2 heterocycles. The van der Waals surface area contributed by atoms with Gasteiger partial charge in [0.15, 0.2) is 0 Å². The minimum atomic E-state index is -0.498. The predicted octanol–water partition coefficient (Wildman–Crippen LogP) is 4.44. The smallest absolute Gasteiger partial charge is 0.410 e. The maximum atomic E-state index is 12.3. The number of likely N-dealkylation sites (tertiary alicyclic amines) is 1. The van der Waals surface area contributed by atoms with Gasteiger partial charge in [-0.25, -0.2) is 9.78 Å². The summed E-state index contributed by atoms with van der Waals surface area (Å²) in [5, 5.41) is 10.8. The van der Waals surface area contributed by atoms with Crippen molar-refractivity contribution in [3.05, 3.63) is 34.5 Å². The summed E-state index contributed by atoms with van der Waals surface area (Å²) in [6.45, 7) is 12.4. The van der Waals surface area contributed by atoms with E-state index in [4.69, 9.17) is 9.47 Å². The van der Waals surface area contributed by atoms with E-state index in [2.05, 4.69) is 11.6 Å². The summed E-state index contributed by atoms with van der Waals surface area (Å²) in [6, 6.07) is 1.51. The number of ether oxygens (including phenoxy) is 2. The lowest BCUT2D eigenvalue weighted by molar-refractivity contribution is -0.385. The molecule has 0 N–H and O–H groups in total. The molecule has 0 bridgehead atoms. The highest BCUT2D eigenvalue weighted by Crippen LogP contribution is 2.28. The van der Waals surface area contributed by atoms with Crippen molar-refractivity contribution in [2.75, 3.05) is 13.2 Å². The summed E-state index contributed by atoms with van der Waals surface area (Å²) in [4.78, 5) is 28.5. The second-order valence-electron chi connectivity index (χ2n) is 8.10. The van der Waals surface area contributed by atoms with Crippen LogP contribution in [0.1, 0.15) is 52.5 Å². The number of carbonyl (C=O) groups is 1. The van der Waals surface area contributed by atoms with Crippen molar-refractivity contribution in [2.24, 2.45) is 5.92 Å². The molecule has 1 fully saturated rings. The second kappa shape index (κ2) is 9.03. The lowest BCUT2D eigenvalue weighted by Gasteiger charge is -2.38. The number of pyridine rings is 1. The van der Waals surface area contributed by atoms with E-state index >= 15 is 0 Å². The molecule has 0 saturated carbocycles. The Bertz CT molecular complexity index is 729. The monoisotopic (exact) mass is 391 g/mol. The van der Waals surface area contributed by atoms with Crippen LogP contribution in [0.3, 0.4) is 0 Å². The number of piperidine rings is 1. The fraction of sp³-hybridized carbons (Fsp3) is 0.600. The Morgan fingerprint density at radius 1 is 1.50 bits per heavy atom. The summed E-state index contributed by atoms with van der Waals surface area (Å²) in [6.07, 6.45) is 5.00. The SMILES string of the molecule is C=Cc1cc([N+](=O)[O-])cnc1OCCC1CCN(C(=O)OC(C)(C)C)C(C)C1. The van der Waals surface area contributed by atoms with Gasteiger partial charge in [0, 0.05) is 24.2 Å². The molecule has 8 heteroatoms. The normalized spacial score (nSPS) is 19.8. The first kappa shape index (κ1) is 21.7. The summed E-state index contributed by atoms with van der Waals surface area (Å²) in [5.41, 5.74) is -0.0878. The van der Waals surface area contributed by atoms with E-state index in [1.165, 1.54) is 18.3 Å². The molecule has 2 rings (SSSR count). The maximum absolute atomic E-state index is 12.3. The van der Waals surface area contributed by atoms with Gasteiger partial charge in [-0.15, -0.1) is 0 Å². The van der Waals surface area contributed by atoms with Gasteiger partial charge in [0.1, 0.15) is 11.8 Å². The van der Waals surface area contributed by atoms with Gasteiger partial charge in [0.2, 0.25) is 5.88 Å². The molecule has 1 saturated heterocycles. The van der Waals surface area contributed by atoms with E-state index in [0.29, 0.717) is 30.5 Å². The van der Waals surface area contributed by atoms with Crippen LogP contribution in [-0.2, 0) is 4.74 Å². The zero-order valence-corrected chi connectivity index (χ0v) is 17.0. The van der Waals surface area contributed by atoms with Crippen molar-refractivity contribution in [1.29, 1.82) is 0 Å². The largest absolute Gasteiger partial charge is 0.477 e. The second-order valence-corrected chi connectivity index (χ2v) is 8.10. The van der Waals surface area contributed by atoms with Gasteiger partial charge in [0.05, 0.1) is 11.5 Å². The average Bonchev–Trinajstić information content (AvgIpc) is 2.60. The van der Waals surface area contributed by atoms with Crippen LogP contribution in [0.25, 0.3) is 6.08 Å². The number of nitrogens with zero attached hydrogens (tertiary/aromatic N) is 3. The van der Waals surface area contributed by atoms with Gasteiger partial charge in [-0.2, -0.15) is 0 Å². The molecule has 1 aromatic heterocycles. The summed E-state index contributed by atoms with van der Waals surface area (Å²) in [7, 11) is 0. The van der Waals surface area contributed by atoms with E-state index in [-0.39, 0.29) is 17.8 Å². The Morgan fingerprint density at radius 3 is 2.79 bits per heavy atom. The molecular formula is C20H29N3O5. The Labute approximate surface area is 165 Å². The van der Waals surface area contributed by atoms with Crippen molar-refractivity contribution in [3.63, 3.8) is 0 Å². The molecule has 0 aromatic carbocycles. The number of amides is 1. The molecule has 2 atom stereocenters. The van der Waals surface area contributed by atoms with Crippen LogP contribution in [0.5, 0.6) is 5.88 Å². The topological polar surface area (TPSA) is 94.8 Å². The van der Waals surface area contributed by atoms with Crippen molar-refractivity contribution in [2.45, 2.75) is 58.6 Å². The quantitative estimate of drug-likeness (QED) is 0.526. The highest BCUT2D eigenvalue weighted by molar-refractivity contribution is 5.68. The fourth-order valence-corrected chi connectivity index (χ4v) is 3.27. The Kier molecular flexibility index (Phi) is 6.99. The first-order valence-corrected chi connectivity index (χ1v) is 9.50. The third-order valence-corrected chi connectivity index (χ3v) is 4.67. The van der Waals surface area contributed by atoms with Crippen LogP contribution in [0, 0.1) is 16.0 Å². The van der Waals surface area contributed by atoms with Gasteiger partial charge in [0.25, 0.3) is 5.69 Å². The Hall–Kier alpha value is -2.64. The minimum absolute atomic E-state index is 0.0920. The van der Waals surface area contributed by atoms with E-state index in [0.717, 1.165) is 19.3 Å². The standard InChI is InChI=1S/C20H29N3O5/c1-6-16-12-17(23(25)26)13-21-18(16)27-10-8-15-7-9-22(14(2)11-15)19(24)28-20(3,4)5/h6,12-15H,1,7-11H2,2-5H3. The molecule has 1 aliphatic rings. The highest BCUT2D eigenvalue weighted by atomic mass is 16.6. The van der Waals surface area contributed by atoms with Crippen molar-refractivity contribution >= 4 is 17.9 Å². The third-order valence-electron chi connectivity index (χ3n) is 4.67. The number of rotatable bonds is 6. The first-order valence-electron chi connectivity index (χ1n) is 9.50. The highest BCUT2D eigenvalue weighted by Gasteiger charge is 2.31. The number of aromatic nitrogens is 1. The molecular weight excluding hydrogens is 362 g/mol. The minimum Gasteiger partial charge on any atom is -0.477 e. The van der Waals surface area contributed by atoms with Crippen LogP contribution in [0.15, 0.2) is 18.8 Å². The van der Waals surface area contributed by atoms with Gasteiger partial charge >= 0.3 is 6.09 Å². The maximum Gasteiger partial charge on any atom is 0.410 e. The van der Waals surface area contributed by atoms with Gasteiger partial charge < -0.3 is 14.4 Å². The van der Waals surface area contributed by atoms with Crippen LogP contribution in [0.2, 0.25) is 0 Å². The average molecular weight is 391 g/mol. The van der Waals surface area contributed by atoms with Crippen LogP contribution in [0.4, 0.5) is 10.5 Å². The van der Waals surface area contributed by atoms with E-state index in [1.807, 2.05) is 27.7 Å². The first-order chi connectivity index (χ1) is 13.1. The molecule has 1 aromatic rings. The van der Waals surface area contributed by atoms with E-state index in [9.17, 15) is 14.9 Å². The molecule has 8 nitrogen and oxygen atoms in total. The molecule has 28 heavy (non-hydrogen) atoms. The zero-order valence-electron chi connectivity index (χ0n) is 17.0. The van der Waals surface area contributed by atoms with Crippen LogP contribution in [-0.4, -0.2) is 45.7 Å². The zero-order chi connectivity index (χ0) is 20.9. The van der Waals surface area contributed by atoms with Crippen LogP contribution >= 0.6 is 0 Å². The number of nitro groups is 1. The van der Waals surface area contributed by atoms with E-state index in [1.54, 1.807) is 4.90 Å². The summed E-state index contributed by atoms with van der Waals surface area (Å²) >= 11 is 0. The Morgan fingerprint density at radius 2 is 2.21 bits per heavy atom. The number of hydrogen-bond donors (Lipinski definition) is 0. The van der Waals surface area contributed by atoms with Gasteiger partial charge in [-0.1, -0.05) is 12.7 Å². The number of carbonyl (C=O) groups excluding carboxylic acids is 1. The van der Waals surface area contributed by atoms with Gasteiger partial charge in [-0.05, 0) is 52.9 Å². The lowest BCUT2D eigenvalue weighted by Crippen LogP contribution is -2.46. The summed E-state index contributed by atoms with van der Waals surface area (Å²) in [5.74, 6) is 0.777. The molecule has 1 amide bonds. The number of hydrogen-bond acceptors (Lipinski definition) is 6. The predicted molar refractivity (Wildman–Crippen MR) is 106 cm³/mol. The molecule has 0 radical (unpaired) electrons. The molecule has 1 aliphatic heterocycles. The van der Waals surface area contributed by atoms with Gasteiger partial charge in [-0.3, -0.25) is 10.1 Å². The summed E-state index contributed by atoms with van der Waals surface area (Å²) < 4.78 is 11.2. The van der Waals surface area contributed by atoms with Crippen molar-refractivity contribution in [1.82, 2.24) is 9.88 Å². The van der Waals surface area contributed by atoms with Crippen LogP contribution < -0.4 is 4.74 Å². The van der Waals surface area contributed by atoms with Crippen molar-refractivity contribution in [3.8, 4) is 5.88 Å². The fourth-order valence-electron chi connectivity index (χ4n) is 3.27. The van der Waals surface area contributed by atoms with E-state index < -0.39 is 10.5 Å². The Balaban J connectivity index is 1.85. The third kappa shape index (κ3) is 5.94. The molecule has 0 aliphatic carbocycles. The van der Waals surface area contributed by atoms with Crippen molar-refractivity contribution < 1.29 is 19.2 Å². The molecule has 0 spiro atoms. The lowest BCUT2D eigenvalue weighted by atomic mass is 9.89. The molecule has 2 unspecified atom stereocenters. The molecule has 154 valence electrons.